The topological polar surface area (TPSA) is 89.4 Å². The van der Waals surface area contributed by atoms with Crippen LogP contribution >= 0.6 is 24.0 Å². The summed E-state index contributed by atoms with van der Waals surface area (Å²) < 4.78 is 0. The smallest absolute Gasteiger partial charge is 0.240 e. The van der Waals surface area contributed by atoms with E-state index in [1.807, 2.05) is 25.1 Å². The van der Waals surface area contributed by atoms with Crippen LogP contribution in [0.2, 0.25) is 5.02 Å². The predicted molar refractivity (Wildman–Crippen MR) is 81.6 cm³/mol. The van der Waals surface area contributed by atoms with Gasteiger partial charge in [0.05, 0.1) is 12.5 Å². The molecule has 112 valence electrons. The van der Waals surface area contributed by atoms with Crippen LogP contribution in [-0.4, -0.2) is 29.3 Å². The molecule has 0 fully saturated rings. The molecule has 0 heterocycles. The minimum atomic E-state index is -0.903. The van der Waals surface area contributed by atoms with E-state index in [9.17, 15) is 9.59 Å². The summed E-state index contributed by atoms with van der Waals surface area (Å²) in [5, 5.41) is 0.595. The third kappa shape index (κ3) is 5.36. The van der Waals surface area contributed by atoms with Crippen molar-refractivity contribution in [2.24, 2.45) is 11.5 Å². The van der Waals surface area contributed by atoms with E-state index < -0.39 is 11.9 Å². The van der Waals surface area contributed by atoms with Gasteiger partial charge in [-0.15, -0.1) is 12.4 Å². The molecule has 4 N–H and O–H groups in total. The molecule has 0 saturated carbocycles. The lowest BCUT2D eigenvalue weighted by molar-refractivity contribution is -0.135. The first-order valence-corrected chi connectivity index (χ1v) is 6.39. The van der Waals surface area contributed by atoms with Crippen LogP contribution in [0.3, 0.4) is 0 Å². The average molecular weight is 320 g/mol. The highest BCUT2D eigenvalue weighted by molar-refractivity contribution is 6.31. The van der Waals surface area contributed by atoms with Crippen molar-refractivity contribution in [3.05, 3.63) is 34.9 Å². The summed E-state index contributed by atoms with van der Waals surface area (Å²) in [6.45, 7) is 2.68. The number of carbonyl (C=O) groups excluding carboxylic acids is 2. The van der Waals surface area contributed by atoms with E-state index in [2.05, 4.69) is 0 Å². The number of halogens is 2. The van der Waals surface area contributed by atoms with Gasteiger partial charge in [0, 0.05) is 18.1 Å². The van der Waals surface area contributed by atoms with Gasteiger partial charge in [-0.3, -0.25) is 9.59 Å². The maximum Gasteiger partial charge on any atom is 0.240 e. The van der Waals surface area contributed by atoms with Crippen LogP contribution in [0.5, 0.6) is 0 Å². The molecule has 1 rings (SSSR count). The first kappa shape index (κ1) is 18.7. The third-order valence-corrected chi connectivity index (χ3v) is 3.12. The molecule has 0 aliphatic carbocycles. The molecule has 0 saturated heterocycles. The summed E-state index contributed by atoms with van der Waals surface area (Å²) in [5.74, 6) is -0.893. The van der Waals surface area contributed by atoms with E-state index in [4.69, 9.17) is 23.1 Å². The summed E-state index contributed by atoms with van der Waals surface area (Å²) in [6.07, 6.45) is -0.155. The van der Waals surface area contributed by atoms with Gasteiger partial charge in [-0.25, -0.2) is 0 Å². The molecule has 1 atom stereocenters. The fourth-order valence-electron chi connectivity index (χ4n) is 1.72. The van der Waals surface area contributed by atoms with Crippen molar-refractivity contribution in [1.82, 2.24) is 4.90 Å². The van der Waals surface area contributed by atoms with Crippen LogP contribution in [0.15, 0.2) is 24.3 Å². The van der Waals surface area contributed by atoms with Gasteiger partial charge in [0.2, 0.25) is 11.8 Å². The summed E-state index contributed by atoms with van der Waals surface area (Å²) in [4.78, 5) is 24.4. The lowest BCUT2D eigenvalue weighted by Gasteiger charge is -2.24. The molecule has 20 heavy (non-hydrogen) atoms. The van der Waals surface area contributed by atoms with Gasteiger partial charge in [-0.1, -0.05) is 29.8 Å². The second kappa shape index (κ2) is 8.79. The van der Waals surface area contributed by atoms with Crippen molar-refractivity contribution in [3.63, 3.8) is 0 Å². The van der Waals surface area contributed by atoms with E-state index in [0.29, 0.717) is 18.1 Å². The number of carbonyl (C=O) groups is 2. The SMILES string of the molecule is CCN(Cc1ccccc1Cl)C(=O)C(N)CC(N)=O.Cl. The molecule has 5 nitrogen and oxygen atoms in total. The Balaban J connectivity index is 0.00000361. The number of nitrogens with two attached hydrogens (primary N) is 2. The van der Waals surface area contributed by atoms with Crippen molar-refractivity contribution in [2.45, 2.75) is 25.9 Å². The van der Waals surface area contributed by atoms with Gasteiger partial charge in [-0.2, -0.15) is 0 Å². The Hall–Kier alpha value is -1.30. The van der Waals surface area contributed by atoms with Crippen molar-refractivity contribution in [2.75, 3.05) is 6.54 Å². The predicted octanol–water partition coefficient (Wildman–Crippen LogP) is 1.31. The number of likely N-dealkylation sites (N-methyl/N-ethyl adjacent to an activating group) is 1. The van der Waals surface area contributed by atoms with Gasteiger partial charge in [-0.05, 0) is 18.6 Å². The van der Waals surface area contributed by atoms with Crippen LogP contribution in [0.25, 0.3) is 0 Å². The third-order valence-electron chi connectivity index (χ3n) is 2.75. The second-order valence-corrected chi connectivity index (χ2v) is 4.63. The quantitative estimate of drug-likeness (QED) is 0.828. The van der Waals surface area contributed by atoms with Crippen molar-refractivity contribution >= 4 is 35.8 Å². The second-order valence-electron chi connectivity index (χ2n) is 4.22. The first-order valence-electron chi connectivity index (χ1n) is 6.01. The minimum Gasteiger partial charge on any atom is -0.370 e. The Morgan fingerprint density at radius 1 is 1.35 bits per heavy atom. The Morgan fingerprint density at radius 3 is 2.45 bits per heavy atom. The van der Waals surface area contributed by atoms with Gasteiger partial charge in [0.15, 0.2) is 0 Å². The van der Waals surface area contributed by atoms with Gasteiger partial charge in [0.25, 0.3) is 0 Å². The lowest BCUT2D eigenvalue weighted by Crippen LogP contribution is -2.45. The molecular weight excluding hydrogens is 301 g/mol. The zero-order valence-corrected chi connectivity index (χ0v) is 12.8. The molecule has 0 aliphatic heterocycles. The van der Waals surface area contributed by atoms with Gasteiger partial charge < -0.3 is 16.4 Å². The fraction of sp³-hybridized carbons (Fsp3) is 0.385. The van der Waals surface area contributed by atoms with Gasteiger partial charge in [0.1, 0.15) is 0 Å². The Labute approximate surface area is 129 Å². The average Bonchev–Trinajstić information content (AvgIpc) is 2.36. The number of benzene rings is 1. The van der Waals surface area contributed by atoms with Crippen LogP contribution < -0.4 is 11.5 Å². The summed E-state index contributed by atoms with van der Waals surface area (Å²) in [6, 6.07) is 6.38. The van der Waals surface area contributed by atoms with Crippen LogP contribution in [0.1, 0.15) is 18.9 Å². The molecule has 2 amide bonds. The highest BCUT2D eigenvalue weighted by atomic mass is 35.5. The number of hydrogen-bond acceptors (Lipinski definition) is 3. The molecule has 0 aromatic heterocycles. The van der Waals surface area contributed by atoms with Crippen LogP contribution in [-0.2, 0) is 16.1 Å². The number of rotatable bonds is 6. The molecule has 1 unspecified atom stereocenters. The number of hydrogen-bond donors (Lipinski definition) is 2. The Morgan fingerprint density at radius 2 is 1.95 bits per heavy atom. The highest BCUT2D eigenvalue weighted by Crippen LogP contribution is 2.17. The van der Waals surface area contributed by atoms with Gasteiger partial charge >= 0.3 is 0 Å². The molecular formula is C13H19Cl2N3O2. The van der Waals surface area contributed by atoms with E-state index >= 15 is 0 Å². The highest BCUT2D eigenvalue weighted by Gasteiger charge is 2.22. The number of primary amides is 1. The Bertz CT molecular complexity index is 469. The van der Waals surface area contributed by atoms with Crippen molar-refractivity contribution < 1.29 is 9.59 Å². The first-order chi connectivity index (χ1) is 8.95. The summed E-state index contributed by atoms with van der Waals surface area (Å²) in [5.41, 5.74) is 11.5. The maximum absolute atomic E-state index is 12.1. The Kier molecular flexibility index (Phi) is 8.22. The van der Waals surface area contributed by atoms with E-state index in [-0.39, 0.29) is 24.7 Å². The molecule has 1 aromatic carbocycles. The van der Waals surface area contributed by atoms with Crippen LogP contribution in [0, 0.1) is 0 Å². The number of nitrogens with zero attached hydrogens (tertiary/aromatic N) is 1. The fourth-order valence-corrected chi connectivity index (χ4v) is 1.91. The summed E-state index contributed by atoms with van der Waals surface area (Å²) in [7, 11) is 0. The monoisotopic (exact) mass is 319 g/mol. The van der Waals surface area contributed by atoms with Crippen molar-refractivity contribution in [3.8, 4) is 0 Å². The molecule has 0 aliphatic rings. The zero-order valence-electron chi connectivity index (χ0n) is 11.2. The number of amides is 2. The van der Waals surface area contributed by atoms with E-state index in [0.717, 1.165) is 5.56 Å². The standard InChI is InChI=1S/C13H18ClN3O2.ClH/c1-2-17(13(19)11(15)7-12(16)18)8-9-5-3-4-6-10(9)14;/h3-6,11H,2,7-8,15H2,1H3,(H2,16,18);1H. The van der Waals surface area contributed by atoms with E-state index in [1.165, 1.54) is 0 Å². The normalized spacial score (nSPS) is 11.3. The molecule has 0 spiro atoms. The molecule has 0 bridgehead atoms. The minimum absolute atomic E-state index is 0. The van der Waals surface area contributed by atoms with E-state index in [1.54, 1.807) is 11.0 Å². The zero-order chi connectivity index (χ0) is 14.4. The largest absolute Gasteiger partial charge is 0.370 e. The summed E-state index contributed by atoms with van der Waals surface area (Å²) >= 11 is 6.05. The molecule has 7 heteroatoms. The maximum atomic E-state index is 12.1. The lowest BCUT2D eigenvalue weighted by atomic mass is 10.1. The molecule has 0 radical (unpaired) electrons. The molecule has 1 aromatic rings. The van der Waals surface area contributed by atoms with Crippen molar-refractivity contribution in [1.29, 1.82) is 0 Å². The van der Waals surface area contributed by atoms with Crippen LogP contribution in [0.4, 0.5) is 0 Å².